The van der Waals surface area contributed by atoms with Gasteiger partial charge in [-0.25, -0.2) is 0 Å². The van der Waals surface area contributed by atoms with Gasteiger partial charge in [0.05, 0.1) is 5.65 Å². The smallest absolute Gasteiger partial charge is 0.512 e. The third kappa shape index (κ3) is 2.97. The van der Waals surface area contributed by atoms with Gasteiger partial charge in [0.25, 0.3) is 0 Å². The van der Waals surface area contributed by atoms with Crippen LogP contribution in [0.1, 0.15) is 0 Å². The molecular formula is C13H7AuN4. The second kappa shape index (κ2) is 8.05. The summed E-state index contributed by atoms with van der Waals surface area (Å²) in [5.74, 6) is 0. The number of benzene rings is 1. The summed E-state index contributed by atoms with van der Waals surface area (Å²) < 4.78 is 2.00. The zero-order valence-electron chi connectivity index (χ0n) is 9.13. The molecule has 0 N–H and O–H groups in total. The Morgan fingerprint density at radius 2 is 1.83 bits per heavy atom. The molecule has 0 aliphatic rings. The molecule has 18 heavy (non-hydrogen) atoms. The average Bonchev–Trinajstić information content (AvgIpc) is 2.92. The van der Waals surface area contributed by atoms with Gasteiger partial charge in [0.15, 0.2) is 0 Å². The zero-order valence-corrected chi connectivity index (χ0v) is 11.3. The third-order valence-electron chi connectivity index (χ3n) is 2.20. The van der Waals surface area contributed by atoms with Crippen LogP contribution < -0.4 is 0 Å². The first-order chi connectivity index (χ1) is 8.45. The van der Waals surface area contributed by atoms with E-state index in [2.05, 4.69) is 23.2 Å². The first-order valence-corrected chi connectivity index (χ1v) is 4.62. The monoisotopic (exact) mass is 416 g/mol. The molecule has 0 aliphatic heterocycles. The van der Waals surface area contributed by atoms with E-state index in [9.17, 15) is 0 Å². The second-order valence-corrected chi connectivity index (χ2v) is 2.97. The van der Waals surface area contributed by atoms with Gasteiger partial charge in [-0.2, -0.15) is 0 Å². The van der Waals surface area contributed by atoms with Crippen LogP contribution in [-0.4, -0.2) is 9.38 Å². The van der Waals surface area contributed by atoms with Gasteiger partial charge in [-0.1, -0.05) is 6.07 Å². The molecule has 4 nitrogen and oxygen atoms in total. The first kappa shape index (κ1) is 15.9. The molecule has 2 heterocycles. The van der Waals surface area contributed by atoms with Gasteiger partial charge in [-0.15, -0.1) is 35.0 Å². The first-order valence-electron chi connectivity index (χ1n) is 4.62. The van der Waals surface area contributed by atoms with Crippen molar-refractivity contribution in [3.05, 3.63) is 62.1 Å². The van der Waals surface area contributed by atoms with Gasteiger partial charge in [0.1, 0.15) is 0 Å². The Labute approximate surface area is 121 Å². The molecule has 1 aromatic carbocycles. The van der Waals surface area contributed by atoms with Crippen molar-refractivity contribution in [1.29, 1.82) is 10.5 Å². The molecular weight excluding hydrogens is 409 g/mol. The number of rotatable bonds is 0. The standard InChI is InChI=1S/C11H7N2.2CN.Au/c1-2-4-10-9(3-1)5-7-13-8-6-12-11(10)13;2*1-2;/h1-3,5-8H;;;/q3*-1;+3. The molecule has 0 aliphatic carbocycles. The number of imidazole rings is 1. The Kier molecular flexibility index (Phi) is 7.11. The Morgan fingerprint density at radius 3 is 2.56 bits per heavy atom. The molecule has 90 valence electrons. The zero-order chi connectivity index (χ0) is 12.7. The maximum Gasteiger partial charge on any atom is 3.00 e. The van der Waals surface area contributed by atoms with Crippen molar-refractivity contribution >= 4 is 16.4 Å². The number of nitrogens with zero attached hydrogens (tertiary/aromatic N) is 4. The van der Waals surface area contributed by atoms with Crippen molar-refractivity contribution in [2.75, 3.05) is 0 Å². The number of fused-ring (bicyclic) bond motifs is 3. The van der Waals surface area contributed by atoms with Crippen LogP contribution in [0.5, 0.6) is 0 Å². The molecule has 2 aromatic heterocycles. The Bertz CT molecular complexity index is 648. The Hall–Kier alpha value is -2.11. The fourth-order valence-corrected chi connectivity index (χ4v) is 1.57. The van der Waals surface area contributed by atoms with Crippen LogP contribution >= 0.6 is 0 Å². The molecule has 0 bridgehead atoms. The van der Waals surface area contributed by atoms with E-state index in [1.54, 1.807) is 6.20 Å². The van der Waals surface area contributed by atoms with Crippen molar-refractivity contribution < 1.29 is 22.4 Å². The number of pyridine rings is 1. The molecule has 0 saturated heterocycles. The van der Waals surface area contributed by atoms with Gasteiger partial charge in [0.2, 0.25) is 0 Å². The van der Waals surface area contributed by atoms with Crippen molar-refractivity contribution in [2.45, 2.75) is 0 Å². The summed E-state index contributed by atoms with van der Waals surface area (Å²) in [6.45, 7) is 9.50. The topological polar surface area (TPSA) is 64.9 Å². The van der Waals surface area contributed by atoms with E-state index in [0.29, 0.717) is 0 Å². The summed E-state index contributed by atoms with van der Waals surface area (Å²) >= 11 is 0. The normalized spacial score (nSPS) is 8.22. The number of aromatic nitrogens is 2. The van der Waals surface area contributed by atoms with E-state index >= 15 is 0 Å². The van der Waals surface area contributed by atoms with Crippen molar-refractivity contribution in [1.82, 2.24) is 9.38 Å². The molecule has 3 rings (SSSR count). The minimum absolute atomic E-state index is 0. The van der Waals surface area contributed by atoms with Crippen LogP contribution in [0.3, 0.4) is 0 Å². The maximum absolute atomic E-state index is 6.25. The summed E-state index contributed by atoms with van der Waals surface area (Å²) in [5, 5.41) is 14.8. The molecule has 5 heteroatoms. The Balaban J connectivity index is 0.000000531. The van der Waals surface area contributed by atoms with Crippen LogP contribution in [0.25, 0.3) is 16.4 Å². The molecule has 3 aromatic rings. The van der Waals surface area contributed by atoms with Gasteiger partial charge in [-0.05, 0) is 6.20 Å². The molecule has 0 atom stereocenters. The summed E-state index contributed by atoms with van der Waals surface area (Å²) in [5.41, 5.74) is 0.970. The fraction of sp³-hybridized carbons (Fsp3) is 0. The van der Waals surface area contributed by atoms with Crippen molar-refractivity contribution in [3.8, 4) is 0 Å². The van der Waals surface area contributed by atoms with Gasteiger partial charge in [-0.3, -0.25) is 4.98 Å². The van der Waals surface area contributed by atoms with Crippen LogP contribution in [0.2, 0.25) is 0 Å². The van der Waals surface area contributed by atoms with E-state index in [0.717, 1.165) is 11.0 Å². The van der Waals surface area contributed by atoms with Crippen molar-refractivity contribution in [2.24, 2.45) is 0 Å². The second-order valence-electron chi connectivity index (χ2n) is 2.97. The van der Waals surface area contributed by atoms with Crippen molar-refractivity contribution in [3.63, 3.8) is 0 Å². The van der Waals surface area contributed by atoms with E-state index in [1.807, 2.05) is 28.9 Å². The molecule has 0 saturated carbocycles. The molecule has 0 unspecified atom stereocenters. The van der Waals surface area contributed by atoms with Gasteiger partial charge in [0, 0.05) is 12.4 Å². The minimum atomic E-state index is 0. The van der Waals surface area contributed by atoms with E-state index in [4.69, 9.17) is 23.7 Å². The summed E-state index contributed by atoms with van der Waals surface area (Å²) in [4.78, 5) is 4.28. The van der Waals surface area contributed by atoms with E-state index < -0.39 is 0 Å². The Morgan fingerprint density at radius 1 is 1.11 bits per heavy atom. The molecule has 0 spiro atoms. The van der Waals surface area contributed by atoms with E-state index in [-0.39, 0.29) is 22.4 Å². The predicted molar refractivity (Wildman–Crippen MR) is 61.5 cm³/mol. The molecule has 0 fully saturated rings. The number of hydrogen-bond donors (Lipinski definition) is 0. The molecule has 0 radical (unpaired) electrons. The SMILES string of the molecule is [Au+3].[C-]#N.[C-]#N.[c-]1cccc2ccn3ccnc3c12. The largest absolute Gasteiger partial charge is 3.00 e. The van der Waals surface area contributed by atoms with Gasteiger partial charge < -0.3 is 28.1 Å². The van der Waals surface area contributed by atoms with Gasteiger partial charge >= 0.3 is 22.4 Å². The average molecular weight is 416 g/mol. The molecule has 0 amide bonds. The predicted octanol–water partition coefficient (Wildman–Crippen LogP) is 2.48. The quantitative estimate of drug-likeness (QED) is 0.418. The van der Waals surface area contributed by atoms with Crippen LogP contribution in [0.4, 0.5) is 0 Å². The summed E-state index contributed by atoms with van der Waals surface area (Å²) in [7, 11) is 0. The maximum atomic E-state index is 6.25. The van der Waals surface area contributed by atoms with Crippen LogP contribution in [0.15, 0.2) is 42.9 Å². The minimum Gasteiger partial charge on any atom is -0.512 e. The fourth-order valence-electron chi connectivity index (χ4n) is 1.57. The summed E-state index contributed by atoms with van der Waals surface area (Å²) in [6, 6.07) is 11.2. The van der Waals surface area contributed by atoms with Crippen LogP contribution in [0, 0.1) is 29.7 Å². The summed E-state index contributed by atoms with van der Waals surface area (Å²) in [6.07, 6.45) is 5.75. The number of hydrogen-bond acceptors (Lipinski definition) is 3. The van der Waals surface area contributed by atoms with E-state index in [1.165, 1.54) is 5.39 Å². The van der Waals surface area contributed by atoms with Crippen LogP contribution in [-0.2, 0) is 22.4 Å². The third-order valence-corrected chi connectivity index (χ3v) is 2.20.